The van der Waals surface area contributed by atoms with Gasteiger partial charge in [0.25, 0.3) is 0 Å². The largest absolute Gasteiger partial charge is 0.290 e. The maximum Gasteiger partial charge on any atom is 0.222 e. The van der Waals surface area contributed by atoms with E-state index in [0.717, 1.165) is 29.5 Å². The van der Waals surface area contributed by atoms with Crippen LogP contribution in [0.4, 0.5) is 0 Å². The summed E-state index contributed by atoms with van der Waals surface area (Å²) in [4.78, 5) is 23.7. The minimum atomic E-state index is 0.0271. The van der Waals surface area contributed by atoms with Crippen molar-refractivity contribution in [1.82, 2.24) is 0 Å². The second-order valence-electron chi connectivity index (χ2n) is 7.31. The first kappa shape index (κ1) is 23.2. The Morgan fingerprint density at radius 2 is 1.50 bits per heavy atom. The number of carbonyl (C=O) groups excluding carboxylic acids is 2. The molecule has 2 aromatic rings. The maximum atomic E-state index is 12.1. The van der Waals surface area contributed by atoms with Gasteiger partial charge >= 0.3 is 0 Å². The third kappa shape index (κ3) is 7.08. The maximum absolute atomic E-state index is 12.1. The van der Waals surface area contributed by atoms with Gasteiger partial charge in [-0.1, -0.05) is 110 Å². The van der Waals surface area contributed by atoms with Gasteiger partial charge in [0, 0.05) is 39.6 Å². The van der Waals surface area contributed by atoms with E-state index >= 15 is 0 Å². The van der Waals surface area contributed by atoms with Gasteiger partial charge in [0.2, 0.25) is 3.79 Å². The van der Waals surface area contributed by atoms with Crippen LogP contribution in [-0.2, 0) is 0 Å². The molecule has 0 heterocycles. The highest BCUT2D eigenvalue weighted by Crippen LogP contribution is 2.33. The minimum Gasteiger partial charge on any atom is -0.290 e. The van der Waals surface area contributed by atoms with Crippen molar-refractivity contribution < 1.29 is 9.59 Å². The van der Waals surface area contributed by atoms with E-state index in [0.29, 0.717) is 0 Å². The highest BCUT2D eigenvalue weighted by atomic mass is 127. The van der Waals surface area contributed by atoms with Crippen molar-refractivity contribution in [3.8, 4) is 0 Å². The molecule has 2 nitrogen and oxygen atoms in total. The van der Waals surface area contributed by atoms with Gasteiger partial charge in [-0.05, 0) is 17.5 Å². The molecule has 150 valence electrons. The standard InChI is InChI=1S/C24H30IO2P/c1-2-3-4-5-6-7-8-11-20(18-14-16-19(17-15-18)23(25)26)21-12-9-10-13-22(21)24(27)28/h9-10,12-17,20H,2-8,11,28H2,1H3. The summed E-state index contributed by atoms with van der Waals surface area (Å²) in [6.45, 7) is 2.24. The fourth-order valence-corrected chi connectivity index (χ4v) is 4.30. The number of hydrogen-bond acceptors (Lipinski definition) is 2. The molecule has 0 aromatic heterocycles. The molecule has 28 heavy (non-hydrogen) atoms. The Labute approximate surface area is 185 Å². The first-order valence-corrected chi connectivity index (χ1v) is 11.9. The molecule has 2 atom stereocenters. The van der Waals surface area contributed by atoms with Gasteiger partial charge in [0.15, 0.2) is 5.52 Å². The Balaban J connectivity index is 2.17. The second-order valence-corrected chi connectivity index (χ2v) is 8.81. The van der Waals surface area contributed by atoms with E-state index in [1.54, 1.807) is 0 Å². The molecule has 0 spiro atoms. The molecule has 0 fully saturated rings. The Hall–Kier alpha value is -1.06. The first-order valence-electron chi connectivity index (χ1n) is 10.2. The average Bonchev–Trinajstić information content (AvgIpc) is 2.70. The number of halogens is 1. The predicted octanol–water partition coefficient (Wildman–Crippen LogP) is 7.55. The normalized spacial score (nSPS) is 12.0. The van der Waals surface area contributed by atoms with Crippen molar-refractivity contribution in [3.05, 3.63) is 70.8 Å². The van der Waals surface area contributed by atoms with Crippen LogP contribution in [0.15, 0.2) is 48.5 Å². The van der Waals surface area contributed by atoms with Crippen LogP contribution in [0.2, 0.25) is 0 Å². The summed E-state index contributed by atoms with van der Waals surface area (Å²) in [7, 11) is 2.31. The van der Waals surface area contributed by atoms with Crippen LogP contribution in [0.3, 0.4) is 0 Å². The van der Waals surface area contributed by atoms with E-state index in [1.807, 2.05) is 65.1 Å². The van der Waals surface area contributed by atoms with Crippen molar-refractivity contribution in [2.45, 2.75) is 64.2 Å². The Bertz CT molecular complexity index is 770. The molecule has 0 saturated carbocycles. The minimum absolute atomic E-state index is 0.0271. The number of hydrogen-bond donors (Lipinski definition) is 0. The molecular weight excluding hydrogens is 478 g/mol. The van der Waals surface area contributed by atoms with Crippen molar-refractivity contribution in [2.24, 2.45) is 0 Å². The topological polar surface area (TPSA) is 34.1 Å². The lowest BCUT2D eigenvalue weighted by molar-refractivity contribution is 0.108. The molecule has 0 aliphatic rings. The van der Waals surface area contributed by atoms with Crippen LogP contribution < -0.4 is 0 Å². The Morgan fingerprint density at radius 1 is 0.893 bits per heavy atom. The van der Waals surface area contributed by atoms with Crippen molar-refractivity contribution in [2.75, 3.05) is 0 Å². The molecule has 4 heteroatoms. The number of unbranched alkanes of at least 4 members (excludes halogenated alkanes) is 6. The van der Waals surface area contributed by atoms with Gasteiger partial charge in [-0.3, -0.25) is 9.59 Å². The van der Waals surface area contributed by atoms with Gasteiger partial charge in [0.05, 0.1) is 0 Å². The van der Waals surface area contributed by atoms with E-state index in [-0.39, 0.29) is 15.2 Å². The SMILES string of the molecule is CCCCCCCCCC(c1ccc(C(=O)I)cc1)c1ccccc1C(=O)P. The van der Waals surface area contributed by atoms with Crippen LogP contribution in [0, 0.1) is 0 Å². The molecule has 0 N–H and O–H groups in total. The third-order valence-corrected chi connectivity index (χ3v) is 6.17. The van der Waals surface area contributed by atoms with Gasteiger partial charge in [-0.15, -0.1) is 0 Å². The lowest BCUT2D eigenvalue weighted by atomic mass is 9.84. The van der Waals surface area contributed by atoms with Gasteiger partial charge in [-0.25, -0.2) is 0 Å². The van der Waals surface area contributed by atoms with Crippen molar-refractivity contribution in [1.29, 1.82) is 0 Å². The van der Waals surface area contributed by atoms with E-state index in [1.165, 1.54) is 44.1 Å². The van der Waals surface area contributed by atoms with E-state index in [4.69, 9.17) is 0 Å². The van der Waals surface area contributed by atoms with E-state index < -0.39 is 0 Å². The lowest BCUT2D eigenvalue weighted by Crippen LogP contribution is -2.07. The summed E-state index contributed by atoms with van der Waals surface area (Å²) < 4.78 is 0.0494. The molecule has 0 bridgehead atoms. The molecular formula is C24H30IO2P. The highest BCUT2D eigenvalue weighted by molar-refractivity contribution is 14.1. The highest BCUT2D eigenvalue weighted by Gasteiger charge is 2.19. The van der Waals surface area contributed by atoms with Crippen LogP contribution in [0.1, 0.15) is 96.1 Å². The van der Waals surface area contributed by atoms with Crippen LogP contribution in [0.25, 0.3) is 0 Å². The first-order chi connectivity index (χ1) is 13.5. The summed E-state index contributed by atoms with van der Waals surface area (Å²) in [5.41, 5.74) is 3.77. The molecule has 2 rings (SSSR count). The Morgan fingerprint density at radius 3 is 2.11 bits per heavy atom. The third-order valence-electron chi connectivity index (χ3n) is 5.24. The smallest absolute Gasteiger partial charge is 0.222 e. The van der Waals surface area contributed by atoms with Gasteiger partial charge in [0.1, 0.15) is 0 Å². The molecule has 0 amide bonds. The molecule has 2 aromatic carbocycles. The summed E-state index contributed by atoms with van der Waals surface area (Å²) >= 11 is 1.82. The van der Waals surface area contributed by atoms with Crippen molar-refractivity contribution >= 4 is 41.1 Å². The zero-order valence-corrected chi connectivity index (χ0v) is 19.9. The summed E-state index contributed by atoms with van der Waals surface area (Å²) in [5.74, 6) is 0.176. The van der Waals surface area contributed by atoms with Gasteiger partial charge in [-0.2, -0.15) is 0 Å². The fraction of sp³-hybridized carbons (Fsp3) is 0.417. The molecule has 0 aliphatic heterocycles. The number of rotatable bonds is 12. The van der Waals surface area contributed by atoms with Crippen LogP contribution in [-0.4, -0.2) is 9.31 Å². The van der Waals surface area contributed by atoms with E-state index in [9.17, 15) is 9.59 Å². The van der Waals surface area contributed by atoms with E-state index in [2.05, 4.69) is 22.2 Å². The van der Waals surface area contributed by atoms with Crippen LogP contribution in [0.5, 0.6) is 0 Å². The molecule has 0 radical (unpaired) electrons. The number of carbonyl (C=O) groups is 2. The summed E-state index contributed by atoms with van der Waals surface area (Å²) in [6, 6.07) is 15.8. The van der Waals surface area contributed by atoms with Crippen molar-refractivity contribution in [3.63, 3.8) is 0 Å². The van der Waals surface area contributed by atoms with Gasteiger partial charge < -0.3 is 0 Å². The monoisotopic (exact) mass is 508 g/mol. The summed E-state index contributed by atoms with van der Waals surface area (Å²) in [5, 5.41) is 0. The lowest BCUT2D eigenvalue weighted by Gasteiger charge is -2.21. The fourth-order valence-electron chi connectivity index (χ4n) is 3.68. The predicted molar refractivity (Wildman–Crippen MR) is 130 cm³/mol. The molecule has 0 aliphatic carbocycles. The second kappa shape index (κ2) is 12.5. The zero-order valence-electron chi connectivity index (χ0n) is 16.6. The quantitative estimate of drug-likeness (QED) is 0.128. The van der Waals surface area contributed by atoms with Crippen LogP contribution >= 0.6 is 31.8 Å². The Kier molecular flexibility index (Phi) is 10.4. The summed E-state index contributed by atoms with van der Waals surface area (Å²) in [6.07, 6.45) is 9.90. The zero-order chi connectivity index (χ0) is 20.4. The molecule has 0 saturated heterocycles. The average molecular weight is 508 g/mol. The molecule has 2 unspecified atom stereocenters. The number of benzene rings is 2.